The molecule has 0 amide bonds. The first-order valence-corrected chi connectivity index (χ1v) is 9.77. The van der Waals surface area contributed by atoms with Gasteiger partial charge in [0.05, 0.1) is 5.52 Å². The summed E-state index contributed by atoms with van der Waals surface area (Å²) >= 11 is 0. The molecule has 4 nitrogen and oxygen atoms in total. The first-order valence-electron chi connectivity index (χ1n) is 9.77. The Kier molecular flexibility index (Phi) is 5.30. The number of fused-ring (bicyclic) bond motifs is 1. The molecule has 2 aliphatic rings. The van der Waals surface area contributed by atoms with Crippen molar-refractivity contribution < 1.29 is 5.11 Å². The van der Waals surface area contributed by atoms with E-state index in [1.54, 1.807) is 0 Å². The van der Waals surface area contributed by atoms with E-state index in [0.29, 0.717) is 6.04 Å². The molecule has 2 heterocycles. The summed E-state index contributed by atoms with van der Waals surface area (Å²) in [5, 5.41) is 10.8. The van der Waals surface area contributed by atoms with Crippen molar-refractivity contribution in [1.29, 1.82) is 0 Å². The van der Waals surface area contributed by atoms with Crippen molar-refractivity contribution in [3.05, 3.63) is 42.1 Å². The Labute approximate surface area is 150 Å². The minimum atomic E-state index is 0.289. The lowest BCUT2D eigenvalue weighted by Crippen LogP contribution is -2.56. The Bertz CT molecular complexity index is 693. The van der Waals surface area contributed by atoms with E-state index < -0.39 is 0 Å². The van der Waals surface area contributed by atoms with Crippen molar-refractivity contribution in [3.8, 4) is 0 Å². The third kappa shape index (κ3) is 3.71. The maximum atomic E-state index is 9.54. The number of rotatable bonds is 5. The summed E-state index contributed by atoms with van der Waals surface area (Å²) in [5.41, 5.74) is 2.44. The van der Waals surface area contributed by atoms with Gasteiger partial charge in [-0.1, -0.05) is 37.1 Å². The topological polar surface area (TPSA) is 39.6 Å². The van der Waals surface area contributed by atoms with Gasteiger partial charge in [-0.25, -0.2) is 0 Å². The van der Waals surface area contributed by atoms with Gasteiger partial charge in [0.15, 0.2) is 0 Å². The van der Waals surface area contributed by atoms with E-state index in [2.05, 4.69) is 39.0 Å². The number of aliphatic hydroxyl groups excluding tert-OH is 1. The van der Waals surface area contributed by atoms with Crippen molar-refractivity contribution in [2.75, 3.05) is 26.2 Å². The molecule has 1 unspecified atom stereocenters. The first kappa shape index (κ1) is 17.0. The highest BCUT2D eigenvalue weighted by molar-refractivity contribution is 5.81. The Morgan fingerprint density at radius 3 is 2.76 bits per heavy atom. The SMILES string of the molecule is OCCC1CN(Cc2cccc3cccnc23)CCN1C1CCCC1. The Morgan fingerprint density at radius 2 is 1.92 bits per heavy atom. The molecule has 0 spiro atoms. The number of pyridine rings is 1. The van der Waals surface area contributed by atoms with Crippen molar-refractivity contribution in [1.82, 2.24) is 14.8 Å². The molecule has 1 aliphatic carbocycles. The van der Waals surface area contributed by atoms with Gasteiger partial charge in [-0.3, -0.25) is 14.8 Å². The largest absolute Gasteiger partial charge is 0.396 e. The highest BCUT2D eigenvalue weighted by Crippen LogP contribution is 2.28. The van der Waals surface area contributed by atoms with E-state index in [9.17, 15) is 5.11 Å². The van der Waals surface area contributed by atoms with Crippen LogP contribution >= 0.6 is 0 Å². The predicted molar refractivity (Wildman–Crippen MR) is 101 cm³/mol. The average molecular weight is 339 g/mol. The number of piperazine rings is 1. The molecule has 0 radical (unpaired) electrons. The lowest BCUT2D eigenvalue weighted by molar-refractivity contribution is 0.0269. The number of aromatic nitrogens is 1. The van der Waals surface area contributed by atoms with E-state index >= 15 is 0 Å². The quantitative estimate of drug-likeness (QED) is 0.909. The lowest BCUT2D eigenvalue weighted by atomic mass is 10.0. The Balaban J connectivity index is 1.48. The van der Waals surface area contributed by atoms with E-state index in [0.717, 1.165) is 44.2 Å². The van der Waals surface area contributed by atoms with Gasteiger partial charge in [-0.15, -0.1) is 0 Å². The van der Waals surface area contributed by atoms with Crippen LogP contribution in [0.15, 0.2) is 36.5 Å². The minimum Gasteiger partial charge on any atom is -0.396 e. The summed E-state index contributed by atoms with van der Waals surface area (Å²) in [6, 6.07) is 11.9. The second kappa shape index (κ2) is 7.81. The van der Waals surface area contributed by atoms with Crippen LogP contribution in [0.5, 0.6) is 0 Å². The minimum absolute atomic E-state index is 0.289. The number of aliphatic hydroxyl groups is 1. The van der Waals surface area contributed by atoms with Crippen molar-refractivity contribution >= 4 is 10.9 Å². The molecule has 1 atom stereocenters. The molecule has 1 saturated heterocycles. The molecule has 2 aromatic rings. The fraction of sp³-hybridized carbons (Fsp3) is 0.571. The van der Waals surface area contributed by atoms with E-state index in [1.807, 2.05) is 12.3 Å². The van der Waals surface area contributed by atoms with Crippen LogP contribution in [0.3, 0.4) is 0 Å². The monoisotopic (exact) mass is 339 g/mol. The number of hydrogen-bond acceptors (Lipinski definition) is 4. The molecule has 25 heavy (non-hydrogen) atoms. The number of nitrogens with zero attached hydrogens (tertiary/aromatic N) is 3. The second-order valence-corrected chi connectivity index (χ2v) is 7.57. The molecule has 1 aromatic heterocycles. The summed E-state index contributed by atoms with van der Waals surface area (Å²) in [7, 11) is 0. The van der Waals surface area contributed by atoms with Crippen molar-refractivity contribution in [2.45, 2.75) is 50.7 Å². The zero-order valence-corrected chi connectivity index (χ0v) is 15.0. The zero-order valence-electron chi connectivity index (χ0n) is 15.0. The Morgan fingerprint density at radius 1 is 1.08 bits per heavy atom. The molecule has 4 heteroatoms. The van der Waals surface area contributed by atoms with Gasteiger partial charge in [-0.2, -0.15) is 0 Å². The summed E-state index contributed by atoms with van der Waals surface area (Å²) in [5.74, 6) is 0. The first-order chi connectivity index (χ1) is 12.3. The number of hydrogen-bond donors (Lipinski definition) is 1. The van der Waals surface area contributed by atoms with Gasteiger partial charge >= 0.3 is 0 Å². The third-order valence-corrected chi connectivity index (χ3v) is 5.98. The molecule has 1 aliphatic heterocycles. The van der Waals surface area contributed by atoms with Crippen molar-refractivity contribution in [3.63, 3.8) is 0 Å². The summed E-state index contributed by atoms with van der Waals surface area (Å²) in [6.45, 7) is 4.54. The molecular formula is C21H29N3O. The highest BCUT2D eigenvalue weighted by atomic mass is 16.3. The second-order valence-electron chi connectivity index (χ2n) is 7.57. The standard InChI is InChI=1S/C21H29N3O/c25-14-10-20-16-23(12-13-24(20)19-8-1-2-9-19)15-18-6-3-5-17-7-4-11-22-21(17)18/h3-7,11,19-20,25H,1-2,8-10,12-16H2. The fourth-order valence-electron chi connectivity index (χ4n) is 4.74. The molecular weight excluding hydrogens is 310 g/mol. The summed E-state index contributed by atoms with van der Waals surface area (Å²) in [4.78, 5) is 9.85. The predicted octanol–water partition coefficient (Wildman–Crippen LogP) is 3.05. The number of benzene rings is 1. The molecule has 134 valence electrons. The van der Waals surface area contributed by atoms with Crippen LogP contribution in [0.2, 0.25) is 0 Å². The van der Waals surface area contributed by atoms with Gasteiger partial charge < -0.3 is 5.11 Å². The molecule has 1 aromatic carbocycles. The van der Waals surface area contributed by atoms with Crippen LogP contribution in [0.1, 0.15) is 37.7 Å². The number of para-hydroxylation sites is 1. The van der Waals surface area contributed by atoms with Gasteiger partial charge in [-0.05, 0) is 30.9 Å². The molecule has 1 saturated carbocycles. The lowest BCUT2D eigenvalue weighted by Gasteiger charge is -2.44. The summed E-state index contributed by atoms with van der Waals surface area (Å²) < 4.78 is 0. The average Bonchev–Trinajstić information content (AvgIpc) is 3.17. The van der Waals surface area contributed by atoms with Crippen LogP contribution in [-0.4, -0.2) is 58.2 Å². The van der Waals surface area contributed by atoms with Gasteiger partial charge in [0, 0.05) is 56.5 Å². The molecule has 4 rings (SSSR count). The van der Waals surface area contributed by atoms with Gasteiger partial charge in [0.2, 0.25) is 0 Å². The zero-order chi connectivity index (χ0) is 17.1. The maximum absolute atomic E-state index is 9.54. The molecule has 0 bridgehead atoms. The third-order valence-electron chi connectivity index (χ3n) is 5.98. The van der Waals surface area contributed by atoms with E-state index in [4.69, 9.17) is 0 Å². The Hall–Kier alpha value is -1.49. The van der Waals surface area contributed by atoms with Crippen LogP contribution in [0.25, 0.3) is 10.9 Å². The van der Waals surface area contributed by atoms with E-state index in [1.165, 1.54) is 36.6 Å². The molecule has 2 fully saturated rings. The van der Waals surface area contributed by atoms with Crippen LogP contribution in [-0.2, 0) is 6.54 Å². The van der Waals surface area contributed by atoms with E-state index in [-0.39, 0.29) is 6.61 Å². The fourth-order valence-corrected chi connectivity index (χ4v) is 4.74. The van der Waals surface area contributed by atoms with Crippen LogP contribution in [0.4, 0.5) is 0 Å². The summed E-state index contributed by atoms with van der Waals surface area (Å²) in [6.07, 6.45) is 8.21. The van der Waals surface area contributed by atoms with Gasteiger partial charge in [0.1, 0.15) is 0 Å². The molecule has 1 N–H and O–H groups in total. The van der Waals surface area contributed by atoms with Gasteiger partial charge in [0.25, 0.3) is 0 Å². The van der Waals surface area contributed by atoms with Crippen LogP contribution < -0.4 is 0 Å². The normalized spacial score (nSPS) is 23.5. The highest BCUT2D eigenvalue weighted by Gasteiger charge is 2.33. The smallest absolute Gasteiger partial charge is 0.0746 e. The van der Waals surface area contributed by atoms with Crippen molar-refractivity contribution in [2.24, 2.45) is 0 Å². The van der Waals surface area contributed by atoms with Crippen LogP contribution in [0, 0.1) is 0 Å². The maximum Gasteiger partial charge on any atom is 0.0746 e.